The third-order valence-electron chi connectivity index (χ3n) is 4.26. The third kappa shape index (κ3) is 2.54. The van der Waals surface area contributed by atoms with Gasteiger partial charge in [-0.05, 0) is 30.7 Å². The van der Waals surface area contributed by atoms with Crippen LogP contribution in [0.1, 0.15) is 13.3 Å². The minimum absolute atomic E-state index is 0.0715. The fourth-order valence-corrected chi connectivity index (χ4v) is 4.10. The molecule has 0 bridgehead atoms. The molecule has 0 radical (unpaired) electrons. The maximum Gasteiger partial charge on any atom is 0.266 e. The normalized spacial score (nSPS) is 11.3. The predicted molar refractivity (Wildman–Crippen MR) is 103 cm³/mol. The Morgan fingerprint density at radius 3 is 2.58 bits per heavy atom. The molecule has 0 aliphatic rings. The standard InChI is InChI=1S/C20H15FN2O2S/c1-2-11-23-18(12-7-3-5-9-14(12)21)22-19-16(20(23)25)17(24)13-8-4-6-10-15(13)26-19/h3-10H,2,11H2,1H3. The lowest BCUT2D eigenvalue weighted by atomic mass is 10.1. The first-order chi connectivity index (χ1) is 12.6. The van der Waals surface area contributed by atoms with E-state index >= 15 is 0 Å². The summed E-state index contributed by atoms with van der Waals surface area (Å²) in [6.07, 6.45) is 0.666. The number of halogens is 1. The Bertz CT molecular complexity index is 1260. The summed E-state index contributed by atoms with van der Waals surface area (Å²) in [5, 5.41) is 0.577. The molecule has 6 heteroatoms. The van der Waals surface area contributed by atoms with Crippen LogP contribution < -0.4 is 11.0 Å². The minimum Gasteiger partial charge on any atom is -0.292 e. The van der Waals surface area contributed by atoms with Crippen LogP contribution >= 0.6 is 11.3 Å². The van der Waals surface area contributed by atoms with E-state index in [1.165, 1.54) is 22.0 Å². The van der Waals surface area contributed by atoms with E-state index < -0.39 is 11.4 Å². The van der Waals surface area contributed by atoms with Crippen molar-refractivity contribution in [2.45, 2.75) is 19.9 Å². The summed E-state index contributed by atoms with van der Waals surface area (Å²) in [7, 11) is 0. The summed E-state index contributed by atoms with van der Waals surface area (Å²) in [5.74, 6) is -0.190. The molecular weight excluding hydrogens is 351 g/mol. The number of hydrogen-bond donors (Lipinski definition) is 0. The zero-order valence-corrected chi connectivity index (χ0v) is 14.8. The molecule has 4 aromatic rings. The van der Waals surface area contributed by atoms with E-state index in [0.717, 1.165) is 4.70 Å². The maximum atomic E-state index is 14.3. The summed E-state index contributed by atoms with van der Waals surface area (Å²) in [4.78, 5) is 30.8. The summed E-state index contributed by atoms with van der Waals surface area (Å²) in [6, 6.07) is 13.4. The molecule has 0 saturated heterocycles. The van der Waals surface area contributed by atoms with Gasteiger partial charge in [0.2, 0.25) is 5.43 Å². The van der Waals surface area contributed by atoms with Crippen LogP contribution in [0, 0.1) is 5.82 Å². The van der Waals surface area contributed by atoms with Gasteiger partial charge in [-0.3, -0.25) is 14.2 Å². The lowest BCUT2D eigenvalue weighted by Gasteiger charge is -2.13. The number of rotatable bonds is 3. The van der Waals surface area contributed by atoms with Crippen molar-refractivity contribution in [3.05, 3.63) is 74.9 Å². The van der Waals surface area contributed by atoms with Gasteiger partial charge in [0.15, 0.2) is 0 Å². The van der Waals surface area contributed by atoms with Crippen LogP contribution in [0.15, 0.2) is 58.1 Å². The molecule has 0 unspecified atom stereocenters. The molecule has 0 spiro atoms. The van der Waals surface area contributed by atoms with Crippen molar-refractivity contribution >= 4 is 31.6 Å². The summed E-state index contributed by atoms with van der Waals surface area (Å²) in [5.41, 5.74) is -0.480. The first kappa shape index (κ1) is 16.6. The zero-order chi connectivity index (χ0) is 18.3. The van der Waals surface area contributed by atoms with Crippen molar-refractivity contribution in [2.75, 3.05) is 0 Å². The van der Waals surface area contributed by atoms with Crippen molar-refractivity contribution in [3.8, 4) is 11.4 Å². The smallest absolute Gasteiger partial charge is 0.266 e. The molecule has 0 saturated carbocycles. The highest BCUT2D eigenvalue weighted by molar-refractivity contribution is 7.24. The van der Waals surface area contributed by atoms with Crippen LogP contribution in [0.3, 0.4) is 0 Å². The first-order valence-corrected chi connectivity index (χ1v) is 9.14. The number of fused-ring (bicyclic) bond motifs is 2. The Kier molecular flexibility index (Phi) is 4.12. The van der Waals surface area contributed by atoms with E-state index in [9.17, 15) is 14.0 Å². The first-order valence-electron chi connectivity index (χ1n) is 8.33. The Balaban J connectivity index is 2.18. The highest BCUT2D eigenvalue weighted by atomic mass is 32.1. The number of nitrogens with zero attached hydrogens (tertiary/aromatic N) is 2. The van der Waals surface area contributed by atoms with Gasteiger partial charge in [-0.2, -0.15) is 0 Å². The molecule has 0 N–H and O–H groups in total. The molecule has 4 rings (SSSR count). The average molecular weight is 366 g/mol. The zero-order valence-electron chi connectivity index (χ0n) is 14.0. The van der Waals surface area contributed by atoms with Gasteiger partial charge in [-0.25, -0.2) is 9.37 Å². The van der Waals surface area contributed by atoms with Crippen molar-refractivity contribution in [1.29, 1.82) is 0 Å². The second kappa shape index (κ2) is 6.46. The molecule has 4 nitrogen and oxygen atoms in total. The maximum absolute atomic E-state index is 14.3. The molecule has 0 fully saturated rings. The largest absolute Gasteiger partial charge is 0.292 e. The average Bonchev–Trinajstić information content (AvgIpc) is 2.64. The topological polar surface area (TPSA) is 52.0 Å². The Morgan fingerprint density at radius 1 is 1.08 bits per heavy atom. The molecule has 2 aromatic heterocycles. The van der Waals surface area contributed by atoms with E-state index in [4.69, 9.17) is 0 Å². The highest BCUT2D eigenvalue weighted by Crippen LogP contribution is 2.26. The van der Waals surface area contributed by atoms with Crippen LogP contribution in [-0.4, -0.2) is 9.55 Å². The fourth-order valence-electron chi connectivity index (χ4n) is 3.06. The molecule has 0 aliphatic heterocycles. The third-order valence-corrected chi connectivity index (χ3v) is 5.33. The van der Waals surface area contributed by atoms with E-state index in [1.54, 1.807) is 30.3 Å². The molecule has 130 valence electrons. The van der Waals surface area contributed by atoms with Crippen molar-refractivity contribution in [3.63, 3.8) is 0 Å². The van der Waals surface area contributed by atoms with Crippen molar-refractivity contribution in [2.24, 2.45) is 0 Å². The molecular formula is C20H15FN2O2S. The lowest BCUT2D eigenvalue weighted by molar-refractivity contribution is 0.618. The van der Waals surface area contributed by atoms with Gasteiger partial charge in [-0.15, -0.1) is 11.3 Å². The van der Waals surface area contributed by atoms with E-state index in [-0.39, 0.29) is 22.2 Å². The fraction of sp³-hybridized carbons (Fsp3) is 0.150. The highest BCUT2D eigenvalue weighted by Gasteiger charge is 2.18. The molecule has 0 aliphatic carbocycles. The molecule has 0 atom stereocenters. The second-order valence-electron chi connectivity index (χ2n) is 5.98. The van der Waals surface area contributed by atoms with Gasteiger partial charge >= 0.3 is 0 Å². The van der Waals surface area contributed by atoms with Gasteiger partial charge in [0.1, 0.15) is 21.9 Å². The van der Waals surface area contributed by atoms with Gasteiger partial charge < -0.3 is 0 Å². The molecule has 2 aromatic carbocycles. The molecule has 2 heterocycles. The molecule has 0 amide bonds. The van der Waals surface area contributed by atoms with E-state index in [0.29, 0.717) is 23.2 Å². The monoisotopic (exact) mass is 366 g/mol. The predicted octanol–water partition coefficient (Wildman–Crippen LogP) is 4.19. The summed E-state index contributed by atoms with van der Waals surface area (Å²) in [6.45, 7) is 2.28. The lowest BCUT2D eigenvalue weighted by Crippen LogP contribution is -2.27. The van der Waals surface area contributed by atoms with Crippen LogP contribution in [0.4, 0.5) is 4.39 Å². The van der Waals surface area contributed by atoms with E-state index in [2.05, 4.69) is 4.98 Å². The SMILES string of the molecule is CCCn1c(-c2ccccc2F)nc2sc3ccccc3c(=O)c2c1=O. The van der Waals surface area contributed by atoms with Crippen LogP contribution in [0.2, 0.25) is 0 Å². The van der Waals surface area contributed by atoms with Crippen molar-refractivity contribution < 1.29 is 4.39 Å². The summed E-state index contributed by atoms with van der Waals surface area (Å²) < 4.78 is 16.5. The Morgan fingerprint density at radius 2 is 1.81 bits per heavy atom. The summed E-state index contributed by atoms with van der Waals surface area (Å²) >= 11 is 1.27. The number of hydrogen-bond acceptors (Lipinski definition) is 4. The van der Waals surface area contributed by atoms with Crippen molar-refractivity contribution in [1.82, 2.24) is 9.55 Å². The number of benzene rings is 2. The van der Waals surface area contributed by atoms with Crippen LogP contribution in [-0.2, 0) is 6.54 Å². The van der Waals surface area contributed by atoms with E-state index in [1.807, 2.05) is 19.1 Å². The van der Waals surface area contributed by atoms with Crippen LogP contribution in [0.5, 0.6) is 0 Å². The van der Waals surface area contributed by atoms with Crippen LogP contribution in [0.25, 0.3) is 31.7 Å². The van der Waals surface area contributed by atoms with Gasteiger partial charge in [0, 0.05) is 16.6 Å². The minimum atomic E-state index is -0.447. The van der Waals surface area contributed by atoms with Gasteiger partial charge in [0.05, 0.1) is 5.56 Å². The quantitative estimate of drug-likeness (QED) is 0.511. The van der Waals surface area contributed by atoms with Gasteiger partial charge in [0.25, 0.3) is 5.56 Å². The second-order valence-corrected chi connectivity index (χ2v) is 7.01. The molecule has 26 heavy (non-hydrogen) atoms. The Labute approximate surface area is 152 Å². The van der Waals surface area contributed by atoms with Gasteiger partial charge in [-0.1, -0.05) is 31.2 Å². The Hall–Kier alpha value is -2.86. The number of aromatic nitrogens is 2.